The molecule has 134 valence electrons. The minimum Gasteiger partial charge on any atom is -0.476 e. The number of halogens is 1. The fourth-order valence-electron chi connectivity index (χ4n) is 2.93. The Labute approximate surface area is 154 Å². The summed E-state index contributed by atoms with van der Waals surface area (Å²) in [6, 6.07) is 20.6. The normalized spacial score (nSPS) is 12.0. The molecular formula is C21H16FN3O2. The maximum Gasteiger partial charge on any atom is 0.263 e. The van der Waals surface area contributed by atoms with Gasteiger partial charge in [0.25, 0.3) is 5.91 Å². The van der Waals surface area contributed by atoms with Crippen LogP contribution in [0.15, 0.2) is 79.0 Å². The number of rotatable bonds is 5. The van der Waals surface area contributed by atoms with Gasteiger partial charge in [0.2, 0.25) is 6.10 Å². The zero-order valence-corrected chi connectivity index (χ0v) is 14.2. The van der Waals surface area contributed by atoms with Crippen LogP contribution in [0.1, 0.15) is 11.7 Å². The number of amides is 1. The van der Waals surface area contributed by atoms with E-state index in [2.05, 4.69) is 5.10 Å². The van der Waals surface area contributed by atoms with Gasteiger partial charge in [-0.15, -0.1) is 0 Å². The highest BCUT2D eigenvalue weighted by Gasteiger charge is 2.20. The van der Waals surface area contributed by atoms with Crippen molar-refractivity contribution in [2.45, 2.75) is 6.10 Å². The topological polar surface area (TPSA) is 70.1 Å². The van der Waals surface area contributed by atoms with Gasteiger partial charge in [0.15, 0.2) is 0 Å². The van der Waals surface area contributed by atoms with Crippen LogP contribution in [0.5, 0.6) is 5.75 Å². The monoisotopic (exact) mass is 361 g/mol. The van der Waals surface area contributed by atoms with Crippen LogP contribution in [-0.4, -0.2) is 15.7 Å². The molecule has 0 aliphatic rings. The van der Waals surface area contributed by atoms with Crippen LogP contribution >= 0.6 is 0 Å². The van der Waals surface area contributed by atoms with E-state index >= 15 is 0 Å². The molecule has 0 bridgehead atoms. The summed E-state index contributed by atoms with van der Waals surface area (Å²) < 4.78 is 20.7. The molecule has 1 heterocycles. The lowest BCUT2D eigenvalue weighted by Gasteiger charge is -2.16. The quantitative estimate of drug-likeness (QED) is 0.588. The molecule has 2 N–H and O–H groups in total. The zero-order valence-electron chi connectivity index (χ0n) is 14.2. The highest BCUT2D eigenvalue weighted by molar-refractivity contribution is 5.83. The molecule has 4 aromatic rings. The van der Waals surface area contributed by atoms with E-state index in [9.17, 15) is 9.18 Å². The van der Waals surface area contributed by atoms with E-state index in [-0.39, 0.29) is 5.82 Å². The number of benzene rings is 3. The van der Waals surface area contributed by atoms with Crippen LogP contribution in [-0.2, 0) is 4.79 Å². The average molecular weight is 361 g/mol. The van der Waals surface area contributed by atoms with Crippen molar-refractivity contribution in [3.05, 3.63) is 90.4 Å². The standard InChI is InChI=1S/C21H16FN3O2/c22-16-6-8-17(9-7-16)25-19-11-10-18(12-15(19)13-24-25)27-20(21(23)26)14-4-2-1-3-5-14/h1-13,20H,(H2,23,26)/t20-/m1/s1. The van der Waals surface area contributed by atoms with Gasteiger partial charge >= 0.3 is 0 Å². The third-order valence-electron chi connectivity index (χ3n) is 4.23. The maximum atomic E-state index is 13.1. The predicted molar refractivity (Wildman–Crippen MR) is 100 cm³/mol. The number of aromatic nitrogens is 2. The molecule has 0 radical (unpaired) electrons. The number of nitrogens with zero attached hydrogens (tertiary/aromatic N) is 2. The highest BCUT2D eigenvalue weighted by atomic mass is 19.1. The fourth-order valence-corrected chi connectivity index (χ4v) is 2.93. The van der Waals surface area contributed by atoms with Gasteiger partial charge in [0, 0.05) is 10.9 Å². The van der Waals surface area contributed by atoms with Crippen molar-refractivity contribution in [3.8, 4) is 11.4 Å². The molecule has 0 saturated carbocycles. The maximum absolute atomic E-state index is 13.1. The summed E-state index contributed by atoms with van der Waals surface area (Å²) in [6.45, 7) is 0. The highest BCUT2D eigenvalue weighted by Crippen LogP contribution is 2.27. The van der Waals surface area contributed by atoms with E-state index in [1.54, 1.807) is 47.3 Å². The molecule has 0 aliphatic carbocycles. The predicted octanol–water partition coefficient (Wildman–Crippen LogP) is 3.77. The van der Waals surface area contributed by atoms with Crippen LogP contribution in [0.3, 0.4) is 0 Å². The summed E-state index contributed by atoms with van der Waals surface area (Å²) in [5.74, 6) is -0.360. The Morgan fingerprint density at radius 3 is 2.48 bits per heavy atom. The van der Waals surface area contributed by atoms with Crippen molar-refractivity contribution in [1.29, 1.82) is 0 Å². The Bertz CT molecular complexity index is 1090. The number of hydrogen-bond donors (Lipinski definition) is 1. The molecule has 5 nitrogen and oxygen atoms in total. The van der Waals surface area contributed by atoms with E-state index in [1.165, 1.54) is 12.1 Å². The summed E-state index contributed by atoms with van der Waals surface area (Å²) in [7, 11) is 0. The number of primary amides is 1. The number of ether oxygens (including phenoxy) is 1. The molecule has 0 unspecified atom stereocenters. The Morgan fingerprint density at radius 1 is 1.04 bits per heavy atom. The number of hydrogen-bond acceptors (Lipinski definition) is 3. The third kappa shape index (κ3) is 3.37. The fraction of sp³-hybridized carbons (Fsp3) is 0.0476. The van der Waals surface area contributed by atoms with Crippen molar-refractivity contribution in [1.82, 2.24) is 9.78 Å². The first-order valence-electron chi connectivity index (χ1n) is 8.36. The van der Waals surface area contributed by atoms with Crippen molar-refractivity contribution >= 4 is 16.8 Å². The molecule has 4 rings (SSSR count). The molecule has 0 spiro atoms. The molecule has 1 aromatic heterocycles. The first-order valence-corrected chi connectivity index (χ1v) is 8.36. The summed E-state index contributed by atoms with van der Waals surface area (Å²) in [4.78, 5) is 11.8. The van der Waals surface area contributed by atoms with E-state index in [4.69, 9.17) is 10.5 Å². The number of carbonyl (C=O) groups is 1. The molecule has 1 atom stereocenters. The molecule has 27 heavy (non-hydrogen) atoms. The Hall–Kier alpha value is -3.67. The molecule has 0 aliphatic heterocycles. The Morgan fingerprint density at radius 2 is 1.78 bits per heavy atom. The van der Waals surface area contributed by atoms with Gasteiger partial charge in [0.1, 0.15) is 11.6 Å². The van der Waals surface area contributed by atoms with E-state index in [1.807, 2.05) is 24.3 Å². The summed E-state index contributed by atoms with van der Waals surface area (Å²) >= 11 is 0. The van der Waals surface area contributed by atoms with Crippen LogP contribution in [0, 0.1) is 5.82 Å². The Balaban J connectivity index is 1.66. The first-order chi connectivity index (χ1) is 13.1. The van der Waals surface area contributed by atoms with Gasteiger partial charge in [-0.3, -0.25) is 4.79 Å². The number of fused-ring (bicyclic) bond motifs is 1. The summed E-state index contributed by atoms with van der Waals surface area (Å²) in [5.41, 5.74) is 7.78. The van der Waals surface area contributed by atoms with Gasteiger partial charge in [0.05, 0.1) is 17.4 Å². The lowest BCUT2D eigenvalue weighted by Crippen LogP contribution is -2.26. The Kier molecular flexibility index (Phi) is 4.30. The molecule has 1 amide bonds. The van der Waals surface area contributed by atoms with Crippen LogP contribution in [0.2, 0.25) is 0 Å². The molecular weight excluding hydrogens is 345 g/mol. The lowest BCUT2D eigenvalue weighted by molar-refractivity contribution is -0.125. The second-order valence-electron chi connectivity index (χ2n) is 6.06. The minimum atomic E-state index is -0.879. The zero-order chi connectivity index (χ0) is 18.8. The van der Waals surface area contributed by atoms with Gasteiger partial charge < -0.3 is 10.5 Å². The molecule has 0 fully saturated rings. The van der Waals surface area contributed by atoms with Gasteiger partial charge in [-0.2, -0.15) is 5.10 Å². The van der Waals surface area contributed by atoms with E-state index < -0.39 is 12.0 Å². The van der Waals surface area contributed by atoms with Gasteiger partial charge in [-0.05, 0) is 42.5 Å². The average Bonchev–Trinajstić information content (AvgIpc) is 3.10. The smallest absolute Gasteiger partial charge is 0.263 e. The second-order valence-corrected chi connectivity index (χ2v) is 6.06. The van der Waals surface area contributed by atoms with Crippen molar-refractivity contribution in [3.63, 3.8) is 0 Å². The summed E-state index contributed by atoms with van der Waals surface area (Å²) in [5, 5.41) is 5.18. The lowest BCUT2D eigenvalue weighted by atomic mass is 10.1. The minimum absolute atomic E-state index is 0.302. The molecule has 6 heteroatoms. The largest absolute Gasteiger partial charge is 0.476 e. The van der Waals surface area contributed by atoms with Crippen LogP contribution < -0.4 is 10.5 Å². The van der Waals surface area contributed by atoms with Crippen LogP contribution in [0.4, 0.5) is 4.39 Å². The SMILES string of the molecule is NC(=O)[C@H](Oc1ccc2c(cnn2-c2ccc(F)cc2)c1)c1ccccc1. The van der Waals surface area contributed by atoms with Crippen molar-refractivity contribution in [2.75, 3.05) is 0 Å². The first kappa shape index (κ1) is 16.8. The third-order valence-corrected chi connectivity index (χ3v) is 4.23. The van der Waals surface area contributed by atoms with Gasteiger partial charge in [-0.1, -0.05) is 30.3 Å². The van der Waals surface area contributed by atoms with Crippen molar-refractivity contribution < 1.29 is 13.9 Å². The van der Waals surface area contributed by atoms with Crippen molar-refractivity contribution in [2.24, 2.45) is 5.73 Å². The van der Waals surface area contributed by atoms with E-state index in [0.717, 1.165) is 16.6 Å². The second kappa shape index (κ2) is 6.92. The van der Waals surface area contributed by atoms with Crippen LogP contribution in [0.25, 0.3) is 16.6 Å². The number of carbonyl (C=O) groups excluding carboxylic acids is 1. The van der Waals surface area contributed by atoms with E-state index in [0.29, 0.717) is 11.3 Å². The molecule has 0 saturated heterocycles. The summed E-state index contributed by atoms with van der Waals surface area (Å²) in [6.07, 6.45) is 0.809. The van der Waals surface area contributed by atoms with Gasteiger partial charge in [-0.25, -0.2) is 9.07 Å². The number of nitrogens with two attached hydrogens (primary N) is 1. The molecule has 3 aromatic carbocycles.